The van der Waals surface area contributed by atoms with Gasteiger partial charge in [-0.3, -0.25) is 9.59 Å². The van der Waals surface area contributed by atoms with Gasteiger partial charge in [0, 0.05) is 44.6 Å². The van der Waals surface area contributed by atoms with Gasteiger partial charge in [-0.1, -0.05) is 66.7 Å². The number of benzene rings is 3. The van der Waals surface area contributed by atoms with Gasteiger partial charge in [-0.05, 0) is 48.1 Å². The first-order valence-electron chi connectivity index (χ1n) is 12.8. The molecule has 36 heavy (non-hydrogen) atoms. The maximum atomic E-state index is 13.1. The number of carbonyl (C=O) groups is 2. The quantitative estimate of drug-likeness (QED) is 0.523. The van der Waals surface area contributed by atoms with Crippen LogP contribution in [-0.2, 0) is 16.0 Å². The van der Waals surface area contributed by atoms with Gasteiger partial charge in [0.2, 0.25) is 11.8 Å². The minimum absolute atomic E-state index is 0.0691. The molecule has 6 nitrogen and oxygen atoms in total. The van der Waals surface area contributed by atoms with Crippen LogP contribution in [0, 0.1) is 0 Å². The predicted molar refractivity (Wildman–Crippen MR) is 142 cm³/mol. The van der Waals surface area contributed by atoms with Gasteiger partial charge in [-0.15, -0.1) is 0 Å². The molecule has 3 aromatic carbocycles. The summed E-state index contributed by atoms with van der Waals surface area (Å²) in [5, 5.41) is 13.3. The Morgan fingerprint density at radius 2 is 1.53 bits per heavy atom. The molecule has 2 saturated heterocycles. The lowest BCUT2D eigenvalue weighted by Gasteiger charge is -2.37. The van der Waals surface area contributed by atoms with Crippen LogP contribution < -0.4 is 10.2 Å². The molecule has 2 amide bonds. The van der Waals surface area contributed by atoms with Crippen LogP contribution >= 0.6 is 0 Å². The molecule has 186 valence electrons. The summed E-state index contributed by atoms with van der Waals surface area (Å²) in [6, 6.07) is 26.1. The molecule has 1 atom stereocenters. The molecule has 0 radical (unpaired) electrons. The average Bonchev–Trinajstić information content (AvgIpc) is 3.29. The second-order valence-electron chi connectivity index (χ2n) is 9.92. The highest BCUT2D eigenvalue weighted by Crippen LogP contribution is 2.31. The van der Waals surface area contributed by atoms with E-state index < -0.39 is 0 Å². The van der Waals surface area contributed by atoms with Crippen molar-refractivity contribution in [1.82, 2.24) is 10.2 Å². The molecule has 0 unspecified atom stereocenters. The van der Waals surface area contributed by atoms with E-state index in [0.29, 0.717) is 45.4 Å². The normalized spacial score (nSPS) is 19.8. The molecule has 2 aliphatic rings. The first-order valence-corrected chi connectivity index (χ1v) is 12.8. The van der Waals surface area contributed by atoms with Crippen LogP contribution in [0.3, 0.4) is 0 Å². The summed E-state index contributed by atoms with van der Waals surface area (Å²) in [7, 11) is 0. The fourth-order valence-electron chi connectivity index (χ4n) is 5.45. The fraction of sp³-hybridized carbons (Fsp3) is 0.333. The third-order valence-corrected chi connectivity index (χ3v) is 7.51. The van der Waals surface area contributed by atoms with Crippen molar-refractivity contribution in [3.8, 4) is 16.9 Å². The maximum Gasteiger partial charge on any atom is 0.222 e. The number of anilines is 1. The van der Waals surface area contributed by atoms with Crippen molar-refractivity contribution >= 4 is 17.5 Å². The van der Waals surface area contributed by atoms with E-state index in [1.807, 2.05) is 41.3 Å². The average molecular weight is 484 g/mol. The van der Waals surface area contributed by atoms with Gasteiger partial charge < -0.3 is 20.2 Å². The second kappa shape index (κ2) is 10.4. The van der Waals surface area contributed by atoms with E-state index in [1.165, 1.54) is 16.7 Å². The van der Waals surface area contributed by atoms with Crippen molar-refractivity contribution in [2.75, 3.05) is 31.1 Å². The Morgan fingerprint density at radius 3 is 2.19 bits per heavy atom. The zero-order valence-corrected chi connectivity index (χ0v) is 20.5. The summed E-state index contributed by atoms with van der Waals surface area (Å²) in [5.41, 5.74) is 3.96. The number of piperazine rings is 1. The number of hydrogen-bond acceptors (Lipinski definition) is 4. The van der Waals surface area contributed by atoms with Crippen LogP contribution in [0.5, 0.6) is 5.75 Å². The number of phenols is 1. The van der Waals surface area contributed by atoms with Crippen molar-refractivity contribution in [2.45, 2.75) is 37.6 Å². The highest BCUT2D eigenvalue weighted by molar-refractivity contribution is 5.80. The van der Waals surface area contributed by atoms with Crippen molar-refractivity contribution in [2.24, 2.45) is 0 Å². The van der Waals surface area contributed by atoms with Crippen LogP contribution in [0.25, 0.3) is 11.1 Å². The van der Waals surface area contributed by atoms with Gasteiger partial charge in [0.25, 0.3) is 0 Å². The highest BCUT2D eigenvalue weighted by Gasteiger charge is 2.38. The number of nitrogens with zero attached hydrogens (tertiary/aromatic N) is 2. The third-order valence-electron chi connectivity index (χ3n) is 7.51. The number of aromatic hydroxyl groups is 1. The van der Waals surface area contributed by atoms with E-state index in [-0.39, 0.29) is 23.1 Å². The van der Waals surface area contributed by atoms with Crippen LogP contribution in [0.4, 0.5) is 5.69 Å². The molecule has 5 rings (SSSR count). The standard InChI is InChI=1S/C30H33N3O3/c34-27-9-5-4-8-26(27)32-18-20-33(21-19-32)29(36)15-17-30(16-14-28(35)31-30)22-23-10-12-25(13-11-23)24-6-2-1-3-7-24/h1-13,34H,14-22H2,(H,31,35)/t30-/m0/s1. The van der Waals surface area contributed by atoms with Crippen molar-refractivity contribution in [3.05, 3.63) is 84.4 Å². The number of amides is 2. The Kier molecular flexibility index (Phi) is 6.94. The van der Waals surface area contributed by atoms with E-state index >= 15 is 0 Å². The third kappa shape index (κ3) is 5.38. The molecule has 2 N–H and O–H groups in total. The number of nitrogens with one attached hydrogen (secondary N) is 1. The maximum absolute atomic E-state index is 13.1. The van der Waals surface area contributed by atoms with Crippen LogP contribution in [-0.4, -0.2) is 53.5 Å². The monoisotopic (exact) mass is 483 g/mol. The number of para-hydroxylation sites is 2. The summed E-state index contributed by atoms with van der Waals surface area (Å²) in [6.45, 7) is 2.65. The van der Waals surface area contributed by atoms with Crippen LogP contribution in [0.2, 0.25) is 0 Å². The minimum atomic E-state index is -0.376. The molecule has 2 aliphatic heterocycles. The molecule has 3 aromatic rings. The van der Waals surface area contributed by atoms with Crippen LogP contribution in [0.1, 0.15) is 31.2 Å². The van der Waals surface area contributed by atoms with Crippen molar-refractivity contribution in [3.63, 3.8) is 0 Å². The molecular weight excluding hydrogens is 450 g/mol. The highest BCUT2D eigenvalue weighted by atomic mass is 16.3. The zero-order valence-electron chi connectivity index (χ0n) is 20.5. The topological polar surface area (TPSA) is 72.9 Å². The molecule has 0 aliphatic carbocycles. The van der Waals surface area contributed by atoms with E-state index in [4.69, 9.17) is 0 Å². The molecule has 0 aromatic heterocycles. The van der Waals surface area contributed by atoms with Gasteiger partial charge >= 0.3 is 0 Å². The molecular formula is C30H33N3O3. The first kappa shape index (κ1) is 23.9. The lowest BCUT2D eigenvalue weighted by atomic mass is 9.84. The molecule has 2 heterocycles. The fourth-order valence-corrected chi connectivity index (χ4v) is 5.45. The summed E-state index contributed by atoms with van der Waals surface area (Å²) in [4.78, 5) is 29.3. The molecule has 2 fully saturated rings. The number of phenolic OH excluding ortho intramolecular Hbond substituents is 1. The molecule has 0 saturated carbocycles. The Labute approximate surface area is 212 Å². The lowest BCUT2D eigenvalue weighted by Crippen LogP contribution is -2.50. The minimum Gasteiger partial charge on any atom is -0.506 e. The first-order chi connectivity index (χ1) is 17.5. The lowest BCUT2D eigenvalue weighted by molar-refractivity contribution is -0.132. The predicted octanol–water partition coefficient (Wildman–Crippen LogP) is 4.38. The Bertz CT molecular complexity index is 1200. The van der Waals surface area contributed by atoms with E-state index in [9.17, 15) is 14.7 Å². The number of rotatable bonds is 7. The Hall–Kier alpha value is -3.80. The van der Waals surface area contributed by atoms with Gasteiger partial charge in [-0.2, -0.15) is 0 Å². The molecule has 0 spiro atoms. The Balaban J connectivity index is 1.19. The van der Waals surface area contributed by atoms with E-state index in [0.717, 1.165) is 18.5 Å². The SMILES string of the molecule is O=C1CC[C@](CCC(=O)N2CCN(c3ccccc3O)CC2)(Cc2ccc(-c3ccccc3)cc2)N1. The largest absolute Gasteiger partial charge is 0.506 e. The second-order valence-corrected chi connectivity index (χ2v) is 9.92. The van der Waals surface area contributed by atoms with E-state index in [2.05, 4.69) is 46.6 Å². The zero-order chi connectivity index (χ0) is 25.0. The summed E-state index contributed by atoms with van der Waals surface area (Å²) >= 11 is 0. The van der Waals surface area contributed by atoms with E-state index in [1.54, 1.807) is 6.07 Å². The van der Waals surface area contributed by atoms with Gasteiger partial charge in [0.05, 0.1) is 5.69 Å². The summed E-state index contributed by atoms with van der Waals surface area (Å²) in [6.07, 6.45) is 3.04. The van der Waals surface area contributed by atoms with Crippen LogP contribution in [0.15, 0.2) is 78.9 Å². The molecule has 6 heteroatoms. The summed E-state index contributed by atoms with van der Waals surface area (Å²) in [5.74, 6) is 0.472. The van der Waals surface area contributed by atoms with Gasteiger partial charge in [0.15, 0.2) is 0 Å². The van der Waals surface area contributed by atoms with Gasteiger partial charge in [-0.25, -0.2) is 0 Å². The molecule has 0 bridgehead atoms. The van der Waals surface area contributed by atoms with Gasteiger partial charge in [0.1, 0.15) is 5.75 Å². The smallest absolute Gasteiger partial charge is 0.222 e. The van der Waals surface area contributed by atoms with Crippen molar-refractivity contribution < 1.29 is 14.7 Å². The summed E-state index contributed by atoms with van der Waals surface area (Å²) < 4.78 is 0. The number of carbonyl (C=O) groups excluding carboxylic acids is 2. The Morgan fingerprint density at radius 1 is 0.861 bits per heavy atom. The van der Waals surface area contributed by atoms with Crippen molar-refractivity contribution in [1.29, 1.82) is 0 Å². The number of hydrogen-bond donors (Lipinski definition) is 2.